The van der Waals surface area contributed by atoms with Crippen molar-refractivity contribution in [2.24, 2.45) is 5.73 Å². The van der Waals surface area contributed by atoms with E-state index in [-0.39, 0.29) is 5.97 Å². The van der Waals surface area contributed by atoms with Crippen LogP contribution in [0.4, 0.5) is 0 Å². The Morgan fingerprint density at radius 3 is 1.50 bits per heavy atom. The fourth-order valence-electron chi connectivity index (χ4n) is 2.60. The van der Waals surface area contributed by atoms with E-state index in [2.05, 4.69) is 6.92 Å². The fraction of sp³-hybridized carbons (Fsp3) is 0.947. The summed E-state index contributed by atoms with van der Waals surface area (Å²) >= 11 is 0. The van der Waals surface area contributed by atoms with Crippen LogP contribution in [0.3, 0.4) is 0 Å². The number of unbranched alkanes of at least 4 members (excludes halogenated alkanes) is 13. The third kappa shape index (κ3) is 15.8. The van der Waals surface area contributed by atoms with Crippen LogP contribution in [0.15, 0.2) is 0 Å². The number of rotatable bonds is 16. The molecule has 0 radical (unpaired) electrons. The van der Waals surface area contributed by atoms with Gasteiger partial charge in [-0.3, -0.25) is 4.79 Å². The van der Waals surface area contributed by atoms with Crippen LogP contribution in [-0.2, 0) is 9.53 Å². The Labute approximate surface area is 138 Å². The van der Waals surface area contributed by atoms with Gasteiger partial charge in [-0.2, -0.15) is 0 Å². The van der Waals surface area contributed by atoms with Gasteiger partial charge in [-0.25, -0.2) is 0 Å². The van der Waals surface area contributed by atoms with Gasteiger partial charge in [0.1, 0.15) is 6.04 Å². The number of nitrogens with two attached hydrogens (primary N) is 1. The van der Waals surface area contributed by atoms with Gasteiger partial charge in [0.25, 0.3) is 0 Å². The van der Waals surface area contributed by atoms with Gasteiger partial charge in [-0.1, -0.05) is 90.4 Å². The third-order valence-electron chi connectivity index (χ3n) is 4.11. The second-order valence-corrected chi connectivity index (χ2v) is 6.55. The molecule has 0 aliphatic rings. The lowest BCUT2D eigenvalue weighted by molar-refractivity contribution is -0.144. The number of carbonyl (C=O) groups is 1. The molecule has 22 heavy (non-hydrogen) atoms. The second-order valence-electron chi connectivity index (χ2n) is 6.55. The van der Waals surface area contributed by atoms with Crippen molar-refractivity contribution in [1.82, 2.24) is 0 Å². The minimum atomic E-state index is -0.494. The molecule has 0 aliphatic heterocycles. The first-order chi connectivity index (χ1) is 10.7. The highest BCUT2D eigenvalue weighted by Gasteiger charge is 2.07. The molecule has 132 valence electrons. The first-order valence-electron chi connectivity index (χ1n) is 9.60. The van der Waals surface area contributed by atoms with Crippen molar-refractivity contribution >= 4 is 5.97 Å². The molecule has 0 aromatic heterocycles. The molecule has 0 rings (SSSR count). The monoisotopic (exact) mass is 313 g/mol. The summed E-state index contributed by atoms with van der Waals surface area (Å²) in [5, 5.41) is 0. The Balaban J connectivity index is 3.04. The summed E-state index contributed by atoms with van der Waals surface area (Å²) in [7, 11) is 0. The van der Waals surface area contributed by atoms with E-state index in [1.54, 1.807) is 6.92 Å². The average Bonchev–Trinajstić information content (AvgIpc) is 2.50. The zero-order chi connectivity index (χ0) is 16.5. The lowest BCUT2D eigenvalue weighted by atomic mass is 10.0. The molecule has 2 N–H and O–H groups in total. The normalized spacial score (nSPS) is 12.3. The smallest absolute Gasteiger partial charge is 0.322 e. The summed E-state index contributed by atoms with van der Waals surface area (Å²) in [5.41, 5.74) is 5.42. The summed E-state index contributed by atoms with van der Waals surface area (Å²) in [6.45, 7) is 4.46. The maximum absolute atomic E-state index is 11.1. The zero-order valence-electron chi connectivity index (χ0n) is 15.1. The van der Waals surface area contributed by atoms with Gasteiger partial charge in [-0.15, -0.1) is 0 Å². The molecule has 0 aromatic carbocycles. The maximum Gasteiger partial charge on any atom is 0.322 e. The first kappa shape index (κ1) is 21.4. The summed E-state index contributed by atoms with van der Waals surface area (Å²) in [4.78, 5) is 11.1. The largest absolute Gasteiger partial charge is 0.465 e. The molecule has 0 amide bonds. The molecular weight excluding hydrogens is 274 g/mol. The van der Waals surface area contributed by atoms with Crippen LogP contribution >= 0.6 is 0 Å². The topological polar surface area (TPSA) is 52.3 Å². The molecular formula is C19H39NO2. The van der Waals surface area contributed by atoms with Crippen molar-refractivity contribution in [3.05, 3.63) is 0 Å². The summed E-state index contributed by atoms with van der Waals surface area (Å²) in [6.07, 6.45) is 18.7. The summed E-state index contributed by atoms with van der Waals surface area (Å²) in [5.74, 6) is -0.283. The fourth-order valence-corrected chi connectivity index (χ4v) is 2.60. The number of hydrogen-bond acceptors (Lipinski definition) is 3. The van der Waals surface area contributed by atoms with E-state index in [9.17, 15) is 4.79 Å². The molecule has 1 atom stereocenters. The highest BCUT2D eigenvalue weighted by molar-refractivity contribution is 5.74. The summed E-state index contributed by atoms with van der Waals surface area (Å²) < 4.78 is 5.05. The summed E-state index contributed by atoms with van der Waals surface area (Å²) in [6, 6.07) is -0.494. The molecule has 0 saturated heterocycles. The maximum atomic E-state index is 11.1. The Hall–Kier alpha value is -0.570. The van der Waals surface area contributed by atoms with Gasteiger partial charge in [0.2, 0.25) is 0 Å². The van der Waals surface area contributed by atoms with E-state index in [0.29, 0.717) is 6.61 Å². The second kappa shape index (κ2) is 16.8. The van der Waals surface area contributed by atoms with E-state index in [1.165, 1.54) is 77.0 Å². The van der Waals surface area contributed by atoms with Crippen molar-refractivity contribution < 1.29 is 9.53 Å². The molecule has 0 spiro atoms. The van der Waals surface area contributed by atoms with Crippen molar-refractivity contribution in [3.8, 4) is 0 Å². The van der Waals surface area contributed by atoms with Crippen LogP contribution in [0.25, 0.3) is 0 Å². The minimum absolute atomic E-state index is 0.283. The standard InChI is InChI=1S/C19H39NO2/c1-3-4-5-6-7-8-9-10-11-12-13-14-15-16-17-22-19(21)18(2)20/h18H,3-17,20H2,1-2H3. The number of hydrogen-bond donors (Lipinski definition) is 1. The van der Waals surface area contributed by atoms with Crippen LogP contribution in [-0.4, -0.2) is 18.6 Å². The SMILES string of the molecule is CCCCCCCCCCCCCCCCOC(=O)C(C)N. The Morgan fingerprint density at radius 2 is 1.14 bits per heavy atom. The number of carbonyl (C=O) groups excluding carboxylic acids is 1. The zero-order valence-corrected chi connectivity index (χ0v) is 15.1. The van der Waals surface area contributed by atoms with Crippen LogP contribution in [0.5, 0.6) is 0 Å². The Kier molecular flexibility index (Phi) is 16.4. The van der Waals surface area contributed by atoms with Crippen LogP contribution in [0.1, 0.15) is 104 Å². The van der Waals surface area contributed by atoms with Gasteiger partial charge in [-0.05, 0) is 13.3 Å². The van der Waals surface area contributed by atoms with Crippen LogP contribution < -0.4 is 5.73 Å². The van der Waals surface area contributed by atoms with Crippen molar-refractivity contribution in [3.63, 3.8) is 0 Å². The third-order valence-corrected chi connectivity index (χ3v) is 4.11. The van der Waals surface area contributed by atoms with Gasteiger partial charge in [0.15, 0.2) is 0 Å². The van der Waals surface area contributed by atoms with E-state index in [4.69, 9.17) is 10.5 Å². The Bertz CT molecular complexity index is 242. The van der Waals surface area contributed by atoms with Gasteiger partial charge in [0.05, 0.1) is 6.61 Å². The molecule has 3 nitrogen and oxygen atoms in total. The molecule has 0 heterocycles. The van der Waals surface area contributed by atoms with Crippen LogP contribution in [0.2, 0.25) is 0 Å². The number of ether oxygens (including phenoxy) is 1. The van der Waals surface area contributed by atoms with Gasteiger partial charge >= 0.3 is 5.97 Å². The predicted octanol–water partition coefficient (Wildman–Crippen LogP) is 5.36. The average molecular weight is 314 g/mol. The predicted molar refractivity (Wildman–Crippen MR) is 94.9 cm³/mol. The first-order valence-corrected chi connectivity index (χ1v) is 9.60. The Morgan fingerprint density at radius 1 is 0.773 bits per heavy atom. The van der Waals surface area contributed by atoms with Crippen molar-refractivity contribution in [2.75, 3.05) is 6.61 Å². The minimum Gasteiger partial charge on any atom is -0.465 e. The lowest BCUT2D eigenvalue weighted by Crippen LogP contribution is -2.28. The number of esters is 1. The van der Waals surface area contributed by atoms with E-state index in [1.807, 2.05) is 0 Å². The molecule has 0 aliphatic carbocycles. The van der Waals surface area contributed by atoms with E-state index >= 15 is 0 Å². The molecule has 1 unspecified atom stereocenters. The molecule has 3 heteroatoms. The highest BCUT2D eigenvalue weighted by Crippen LogP contribution is 2.12. The van der Waals surface area contributed by atoms with Crippen molar-refractivity contribution in [2.45, 2.75) is 110 Å². The molecule has 0 fully saturated rings. The lowest BCUT2D eigenvalue weighted by Gasteiger charge is -2.06. The highest BCUT2D eigenvalue weighted by atomic mass is 16.5. The molecule has 0 aromatic rings. The van der Waals surface area contributed by atoms with E-state index < -0.39 is 6.04 Å². The molecule has 0 bridgehead atoms. The van der Waals surface area contributed by atoms with Crippen molar-refractivity contribution in [1.29, 1.82) is 0 Å². The van der Waals surface area contributed by atoms with Gasteiger partial charge < -0.3 is 10.5 Å². The van der Waals surface area contributed by atoms with Gasteiger partial charge in [0, 0.05) is 0 Å². The molecule has 0 saturated carbocycles. The van der Waals surface area contributed by atoms with Crippen LogP contribution in [0, 0.1) is 0 Å². The quantitative estimate of drug-likeness (QED) is 0.308. The van der Waals surface area contributed by atoms with E-state index in [0.717, 1.165) is 12.8 Å².